The van der Waals surface area contributed by atoms with Crippen molar-refractivity contribution in [2.24, 2.45) is 0 Å². The minimum atomic E-state index is 0.0480. The number of aromatic nitrogens is 2. The molecule has 0 radical (unpaired) electrons. The summed E-state index contributed by atoms with van der Waals surface area (Å²) in [6.07, 6.45) is 7.63. The first kappa shape index (κ1) is 14.1. The number of hydrogen-bond donors (Lipinski definition) is 0. The van der Waals surface area contributed by atoms with Crippen LogP contribution in [0.1, 0.15) is 29.2 Å². The van der Waals surface area contributed by atoms with Crippen LogP contribution in [-0.4, -0.2) is 46.7 Å². The van der Waals surface area contributed by atoms with Gasteiger partial charge in [0.1, 0.15) is 13.2 Å². The molecule has 4 rings (SSSR count). The highest BCUT2D eigenvalue weighted by atomic mass is 16.6. The third kappa shape index (κ3) is 2.76. The van der Waals surface area contributed by atoms with Crippen LogP contribution in [0, 0.1) is 0 Å². The van der Waals surface area contributed by atoms with Gasteiger partial charge in [0.25, 0.3) is 5.91 Å². The summed E-state index contributed by atoms with van der Waals surface area (Å²) in [6.45, 7) is 2.58. The van der Waals surface area contributed by atoms with E-state index in [4.69, 9.17) is 9.47 Å². The number of nitrogens with zero attached hydrogens (tertiary/aromatic N) is 3. The highest BCUT2D eigenvalue weighted by Crippen LogP contribution is 2.31. The second-order valence-corrected chi connectivity index (χ2v) is 5.92. The summed E-state index contributed by atoms with van der Waals surface area (Å²) in [6, 6.07) is 5.72. The number of carbonyl (C=O) groups is 1. The quantitative estimate of drug-likeness (QED) is 0.852. The summed E-state index contributed by atoms with van der Waals surface area (Å²) in [7, 11) is 0. The lowest BCUT2D eigenvalue weighted by Crippen LogP contribution is -2.40. The molecular formula is C17H19N3O3. The van der Waals surface area contributed by atoms with E-state index in [0.29, 0.717) is 42.9 Å². The van der Waals surface area contributed by atoms with Gasteiger partial charge in [-0.05, 0) is 31.0 Å². The first-order valence-electron chi connectivity index (χ1n) is 7.97. The molecule has 1 aromatic heterocycles. The minimum Gasteiger partial charge on any atom is -0.486 e. The molecule has 0 saturated carbocycles. The van der Waals surface area contributed by atoms with Gasteiger partial charge >= 0.3 is 0 Å². The van der Waals surface area contributed by atoms with Crippen LogP contribution >= 0.6 is 0 Å². The normalized spacial score (nSPS) is 20.3. The van der Waals surface area contributed by atoms with Gasteiger partial charge in [-0.15, -0.1) is 0 Å². The van der Waals surface area contributed by atoms with Crippen molar-refractivity contribution in [2.75, 3.05) is 26.3 Å². The lowest BCUT2D eigenvalue weighted by atomic mass is 10.0. The van der Waals surface area contributed by atoms with Crippen LogP contribution in [0.4, 0.5) is 0 Å². The Labute approximate surface area is 134 Å². The number of likely N-dealkylation sites (tertiary alicyclic amines) is 1. The number of piperidine rings is 1. The largest absolute Gasteiger partial charge is 0.486 e. The van der Waals surface area contributed by atoms with Crippen LogP contribution in [0.15, 0.2) is 36.9 Å². The summed E-state index contributed by atoms with van der Waals surface area (Å²) in [5.74, 6) is 1.42. The zero-order valence-corrected chi connectivity index (χ0v) is 12.9. The second kappa shape index (κ2) is 5.95. The Morgan fingerprint density at radius 1 is 1.22 bits per heavy atom. The fourth-order valence-electron chi connectivity index (χ4n) is 3.23. The Kier molecular flexibility index (Phi) is 3.65. The molecule has 6 heteroatoms. The SMILES string of the molecule is O=C(c1ccc2c(c1)OCCO2)N1CCC[C@@H](n2ccnc2)C1. The van der Waals surface area contributed by atoms with E-state index in [1.165, 1.54) is 0 Å². The zero-order chi connectivity index (χ0) is 15.6. The molecule has 2 aromatic rings. The van der Waals surface area contributed by atoms with E-state index < -0.39 is 0 Å². The molecule has 1 saturated heterocycles. The van der Waals surface area contributed by atoms with Crippen molar-refractivity contribution < 1.29 is 14.3 Å². The third-order valence-corrected chi connectivity index (χ3v) is 4.42. The number of ether oxygens (including phenoxy) is 2. The maximum Gasteiger partial charge on any atom is 0.254 e. The van der Waals surface area contributed by atoms with Crippen molar-refractivity contribution in [3.05, 3.63) is 42.5 Å². The van der Waals surface area contributed by atoms with Crippen LogP contribution in [0.3, 0.4) is 0 Å². The maximum atomic E-state index is 12.8. The molecule has 0 N–H and O–H groups in total. The number of rotatable bonds is 2. The number of imidazole rings is 1. The minimum absolute atomic E-state index is 0.0480. The molecule has 0 spiro atoms. The smallest absolute Gasteiger partial charge is 0.254 e. The second-order valence-electron chi connectivity index (χ2n) is 5.92. The van der Waals surface area contributed by atoms with Crippen LogP contribution < -0.4 is 9.47 Å². The monoisotopic (exact) mass is 313 g/mol. The molecule has 1 atom stereocenters. The standard InChI is InChI=1S/C17H19N3O3/c21-17(13-3-4-15-16(10-13)23-9-8-22-15)19-6-1-2-14(11-19)20-7-5-18-12-20/h3-5,7,10,12,14H,1-2,6,8-9,11H2/t14-/m1/s1. The molecule has 2 aliphatic heterocycles. The van der Waals surface area contributed by atoms with Crippen LogP contribution in [0.25, 0.3) is 0 Å². The topological polar surface area (TPSA) is 56.6 Å². The predicted octanol–water partition coefficient (Wildman–Crippen LogP) is 2.13. The molecule has 1 aromatic carbocycles. The van der Waals surface area contributed by atoms with E-state index >= 15 is 0 Å². The first-order chi connectivity index (χ1) is 11.3. The van der Waals surface area contributed by atoms with Crippen molar-refractivity contribution in [1.29, 1.82) is 0 Å². The average Bonchev–Trinajstić information content (AvgIpc) is 3.15. The molecule has 0 aliphatic carbocycles. The molecule has 1 fully saturated rings. The van der Waals surface area contributed by atoms with Gasteiger partial charge < -0.3 is 18.9 Å². The van der Waals surface area contributed by atoms with Gasteiger partial charge in [0.15, 0.2) is 11.5 Å². The molecule has 0 unspecified atom stereocenters. The molecule has 23 heavy (non-hydrogen) atoms. The Balaban J connectivity index is 1.52. The van der Waals surface area contributed by atoms with E-state index in [-0.39, 0.29) is 5.91 Å². The van der Waals surface area contributed by atoms with E-state index in [1.54, 1.807) is 12.3 Å². The number of carbonyl (C=O) groups excluding carboxylic acids is 1. The van der Waals surface area contributed by atoms with E-state index in [2.05, 4.69) is 9.55 Å². The van der Waals surface area contributed by atoms with Crippen LogP contribution in [0.5, 0.6) is 11.5 Å². The molecule has 3 heterocycles. The summed E-state index contributed by atoms with van der Waals surface area (Å²) < 4.78 is 13.2. The van der Waals surface area contributed by atoms with Gasteiger partial charge in [-0.1, -0.05) is 0 Å². The van der Waals surface area contributed by atoms with Crippen molar-refractivity contribution in [1.82, 2.24) is 14.5 Å². The fraction of sp³-hybridized carbons (Fsp3) is 0.412. The number of hydrogen-bond acceptors (Lipinski definition) is 4. The molecule has 120 valence electrons. The van der Waals surface area contributed by atoms with E-state index in [1.807, 2.05) is 29.6 Å². The van der Waals surface area contributed by atoms with Crippen molar-refractivity contribution >= 4 is 5.91 Å². The van der Waals surface area contributed by atoms with Crippen LogP contribution in [0.2, 0.25) is 0 Å². The number of amides is 1. The number of benzene rings is 1. The predicted molar refractivity (Wildman–Crippen MR) is 83.8 cm³/mol. The summed E-state index contributed by atoms with van der Waals surface area (Å²) >= 11 is 0. The van der Waals surface area contributed by atoms with E-state index in [0.717, 1.165) is 19.4 Å². The Morgan fingerprint density at radius 3 is 2.91 bits per heavy atom. The summed E-state index contributed by atoms with van der Waals surface area (Å²) in [5, 5.41) is 0. The highest BCUT2D eigenvalue weighted by Gasteiger charge is 2.26. The Bertz CT molecular complexity index is 699. The van der Waals surface area contributed by atoms with Gasteiger partial charge in [-0.25, -0.2) is 4.98 Å². The van der Waals surface area contributed by atoms with Crippen LogP contribution in [-0.2, 0) is 0 Å². The van der Waals surface area contributed by atoms with Crippen molar-refractivity contribution in [2.45, 2.75) is 18.9 Å². The summed E-state index contributed by atoms with van der Waals surface area (Å²) in [5.41, 5.74) is 0.653. The maximum absolute atomic E-state index is 12.8. The Hall–Kier alpha value is -2.50. The lowest BCUT2D eigenvalue weighted by Gasteiger charge is -2.33. The Morgan fingerprint density at radius 2 is 2.09 bits per heavy atom. The third-order valence-electron chi connectivity index (χ3n) is 4.42. The lowest BCUT2D eigenvalue weighted by molar-refractivity contribution is 0.0678. The molecular weight excluding hydrogens is 294 g/mol. The van der Waals surface area contributed by atoms with Crippen molar-refractivity contribution in [3.8, 4) is 11.5 Å². The zero-order valence-electron chi connectivity index (χ0n) is 12.9. The van der Waals surface area contributed by atoms with Gasteiger partial charge in [0.05, 0.1) is 12.4 Å². The molecule has 1 amide bonds. The fourth-order valence-corrected chi connectivity index (χ4v) is 3.23. The van der Waals surface area contributed by atoms with Gasteiger partial charge in [0, 0.05) is 31.0 Å². The van der Waals surface area contributed by atoms with Gasteiger partial charge in [0.2, 0.25) is 0 Å². The first-order valence-corrected chi connectivity index (χ1v) is 7.97. The molecule has 0 bridgehead atoms. The highest BCUT2D eigenvalue weighted by molar-refractivity contribution is 5.95. The molecule has 2 aliphatic rings. The van der Waals surface area contributed by atoms with Gasteiger partial charge in [-0.3, -0.25) is 4.79 Å². The average molecular weight is 313 g/mol. The molecule has 6 nitrogen and oxygen atoms in total. The number of fused-ring (bicyclic) bond motifs is 1. The van der Waals surface area contributed by atoms with Gasteiger partial charge in [-0.2, -0.15) is 0 Å². The van der Waals surface area contributed by atoms with E-state index in [9.17, 15) is 4.79 Å². The van der Waals surface area contributed by atoms with Crippen molar-refractivity contribution in [3.63, 3.8) is 0 Å². The summed E-state index contributed by atoms with van der Waals surface area (Å²) in [4.78, 5) is 18.8.